The van der Waals surface area contributed by atoms with Crippen LogP contribution in [0, 0.1) is 5.82 Å². The van der Waals surface area contributed by atoms with Crippen molar-refractivity contribution in [3.05, 3.63) is 34.9 Å². The number of nitrogens with one attached hydrogen (secondary N) is 1. The van der Waals surface area contributed by atoms with Gasteiger partial charge in [-0.1, -0.05) is 11.6 Å². The molecule has 0 saturated carbocycles. The molecular formula is C10H10ClFN4. The third kappa shape index (κ3) is 2.05. The van der Waals surface area contributed by atoms with Crippen molar-refractivity contribution in [2.75, 3.05) is 0 Å². The zero-order chi connectivity index (χ0) is 11.7. The van der Waals surface area contributed by atoms with E-state index in [1.54, 1.807) is 13.0 Å². The molecule has 1 heterocycles. The summed E-state index contributed by atoms with van der Waals surface area (Å²) >= 11 is 5.67. The van der Waals surface area contributed by atoms with Crippen LogP contribution in [-0.2, 0) is 0 Å². The van der Waals surface area contributed by atoms with Crippen LogP contribution in [0.2, 0.25) is 5.02 Å². The van der Waals surface area contributed by atoms with E-state index in [0.717, 1.165) is 0 Å². The summed E-state index contributed by atoms with van der Waals surface area (Å²) < 4.78 is 12.9. The summed E-state index contributed by atoms with van der Waals surface area (Å²) in [5, 5.41) is 6.74. The first-order valence-electron chi connectivity index (χ1n) is 4.71. The summed E-state index contributed by atoms with van der Waals surface area (Å²) in [5.41, 5.74) is 6.29. The van der Waals surface area contributed by atoms with Crippen LogP contribution >= 0.6 is 11.6 Å². The maximum Gasteiger partial charge on any atom is 0.181 e. The zero-order valence-corrected chi connectivity index (χ0v) is 9.29. The van der Waals surface area contributed by atoms with Crippen LogP contribution in [0.5, 0.6) is 0 Å². The first kappa shape index (κ1) is 11.0. The lowest BCUT2D eigenvalue weighted by molar-refractivity contribution is 0.628. The Morgan fingerprint density at radius 3 is 2.81 bits per heavy atom. The van der Waals surface area contributed by atoms with Gasteiger partial charge in [0.1, 0.15) is 11.6 Å². The van der Waals surface area contributed by atoms with Gasteiger partial charge in [0.05, 0.1) is 11.1 Å². The summed E-state index contributed by atoms with van der Waals surface area (Å²) in [7, 11) is 0. The van der Waals surface area contributed by atoms with E-state index in [2.05, 4.69) is 15.2 Å². The molecule has 0 saturated heterocycles. The minimum atomic E-state index is -0.464. The van der Waals surface area contributed by atoms with Gasteiger partial charge < -0.3 is 5.73 Å². The van der Waals surface area contributed by atoms with Crippen molar-refractivity contribution in [3.63, 3.8) is 0 Å². The summed E-state index contributed by atoms with van der Waals surface area (Å²) in [5.74, 6) is 0.568. The molecule has 0 spiro atoms. The van der Waals surface area contributed by atoms with Crippen molar-refractivity contribution in [2.45, 2.75) is 13.0 Å². The Hall–Kier alpha value is -1.46. The fourth-order valence-corrected chi connectivity index (χ4v) is 1.42. The highest BCUT2D eigenvalue weighted by Gasteiger charge is 2.10. The Balaban J connectivity index is 2.39. The van der Waals surface area contributed by atoms with Crippen molar-refractivity contribution < 1.29 is 4.39 Å². The Morgan fingerprint density at radius 2 is 2.25 bits per heavy atom. The van der Waals surface area contributed by atoms with E-state index in [1.165, 1.54) is 12.1 Å². The molecule has 1 atom stereocenters. The van der Waals surface area contributed by atoms with E-state index < -0.39 is 5.82 Å². The van der Waals surface area contributed by atoms with E-state index in [1.807, 2.05) is 0 Å². The molecule has 0 amide bonds. The Kier molecular flexibility index (Phi) is 2.89. The standard InChI is InChI=1S/C10H10ClFN4/c1-5(13)9-14-10(16-15-9)6-2-3-8(12)7(11)4-6/h2-5H,13H2,1H3,(H,14,15,16). The van der Waals surface area contributed by atoms with Crippen molar-refractivity contribution in [1.82, 2.24) is 15.2 Å². The molecule has 84 valence electrons. The summed E-state index contributed by atoms with van der Waals surface area (Å²) in [6.45, 7) is 1.79. The van der Waals surface area contributed by atoms with E-state index in [-0.39, 0.29) is 11.1 Å². The first-order valence-corrected chi connectivity index (χ1v) is 5.09. The summed E-state index contributed by atoms with van der Waals surface area (Å²) in [4.78, 5) is 4.18. The number of halogens is 2. The van der Waals surface area contributed by atoms with Crippen molar-refractivity contribution in [1.29, 1.82) is 0 Å². The lowest BCUT2D eigenvalue weighted by Crippen LogP contribution is -2.06. The third-order valence-electron chi connectivity index (χ3n) is 2.11. The average Bonchev–Trinajstić information content (AvgIpc) is 2.71. The van der Waals surface area contributed by atoms with Gasteiger partial charge in [-0.25, -0.2) is 9.37 Å². The molecule has 0 radical (unpaired) electrons. The number of rotatable bonds is 2. The van der Waals surface area contributed by atoms with Crippen molar-refractivity contribution in [2.24, 2.45) is 5.73 Å². The maximum atomic E-state index is 12.9. The second-order valence-corrected chi connectivity index (χ2v) is 3.87. The zero-order valence-electron chi connectivity index (χ0n) is 8.54. The summed E-state index contributed by atoms with van der Waals surface area (Å²) in [6, 6.07) is 4.09. The molecule has 16 heavy (non-hydrogen) atoms. The molecule has 0 aliphatic heterocycles. The largest absolute Gasteiger partial charge is 0.322 e. The SMILES string of the molecule is CC(N)c1nc(-c2ccc(F)c(Cl)c2)n[nH]1. The molecule has 0 aliphatic rings. The Morgan fingerprint density at radius 1 is 1.50 bits per heavy atom. The lowest BCUT2D eigenvalue weighted by Gasteiger charge is -1.98. The molecule has 4 nitrogen and oxygen atoms in total. The molecular weight excluding hydrogens is 231 g/mol. The second kappa shape index (κ2) is 4.19. The highest BCUT2D eigenvalue weighted by molar-refractivity contribution is 6.31. The first-order chi connectivity index (χ1) is 7.58. The van der Waals surface area contributed by atoms with Crippen molar-refractivity contribution >= 4 is 11.6 Å². The molecule has 2 aromatic rings. The highest BCUT2D eigenvalue weighted by atomic mass is 35.5. The number of hydrogen-bond acceptors (Lipinski definition) is 3. The van der Waals surface area contributed by atoms with Crippen LogP contribution in [0.25, 0.3) is 11.4 Å². The van der Waals surface area contributed by atoms with Crippen LogP contribution in [0.4, 0.5) is 4.39 Å². The number of nitrogens with two attached hydrogens (primary N) is 1. The average molecular weight is 241 g/mol. The van der Waals surface area contributed by atoms with Crippen LogP contribution in [0.3, 0.4) is 0 Å². The van der Waals surface area contributed by atoms with Crippen LogP contribution < -0.4 is 5.73 Å². The molecule has 0 bridgehead atoms. The number of hydrogen-bond donors (Lipinski definition) is 2. The molecule has 0 fully saturated rings. The van der Waals surface area contributed by atoms with Gasteiger partial charge in [-0.15, -0.1) is 0 Å². The summed E-state index contributed by atoms with van der Waals surface area (Å²) in [6.07, 6.45) is 0. The van der Waals surface area contributed by atoms with E-state index in [4.69, 9.17) is 17.3 Å². The normalized spacial score (nSPS) is 12.8. The Bertz CT molecular complexity index is 509. The minimum Gasteiger partial charge on any atom is -0.322 e. The fourth-order valence-electron chi connectivity index (χ4n) is 1.24. The van der Waals surface area contributed by atoms with E-state index in [9.17, 15) is 4.39 Å². The number of aromatic amines is 1. The Labute approximate surface area is 96.6 Å². The topological polar surface area (TPSA) is 67.6 Å². The number of nitrogens with zero attached hydrogens (tertiary/aromatic N) is 2. The minimum absolute atomic E-state index is 0.0460. The molecule has 2 rings (SSSR count). The third-order valence-corrected chi connectivity index (χ3v) is 2.40. The fraction of sp³-hybridized carbons (Fsp3) is 0.200. The van der Waals surface area contributed by atoms with Crippen LogP contribution in [-0.4, -0.2) is 15.2 Å². The maximum absolute atomic E-state index is 12.9. The smallest absolute Gasteiger partial charge is 0.181 e. The molecule has 3 N–H and O–H groups in total. The monoisotopic (exact) mass is 240 g/mol. The molecule has 0 aliphatic carbocycles. The van der Waals surface area contributed by atoms with Gasteiger partial charge in [-0.05, 0) is 25.1 Å². The quantitative estimate of drug-likeness (QED) is 0.846. The molecule has 1 unspecified atom stereocenters. The van der Waals surface area contributed by atoms with Gasteiger partial charge in [0.15, 0.2) is 5.82 Å². The predicted octanol–water partition coefficient (Wildman–Crippen LogP) is 2.28. The van der Waals surface area contributed by atoms with Crippen LogP contribution in [0.15, 0.2) is 18.2 Å². The molecule has 1 aromatic carbocycles. The van der Waals surface area contributed by atoms with Gasteiger partial charge in [0.25, 0.3) is 0 Å². The predicted molar refractivity (Wildman–Crippen MR) is 59.4 cm³/mol. The lowest BCUT2D eigenvalue weighted by atomic mass is 10.2. The number of aromatic nitrogens is 3. The van der Waals surface area contributed by atoms with E-state index >= 15 is 0 Å². The second-order valence-electron chi connectivity index (χ2n) is 3.46. The van der Waals surface area contributed by atoms with Gasteiger partial charge in [0.2, 0.25) is 0 Å². The van der Waals surface area contributed by atoms with Gasteiger partial charge in [-0.2, -0.15) is 5.10 Å². The van der Waals surface area contributed by atoms with Gasteiger partial charge in [0, 0.05) is 5.56 Å². The van der Waals surface area contributed by atoms with Gasteiger partial charge in [-0.3, -0.25) is 5.10 Å². The number of H-pyrrole nitrogens is 1. The van der Waals surface area contributed by atoms with Crippen molar-refractivity contribution in [3.8, 4) is 11.4 Å². The molecule has 1 aromatic heterocycles. The van der Waals surface area contributed by atoms with Crippen LogP contribution in [0.1, 0.15) is 18.8 Å². The van der Waals surface area contributed by atoms with Gasteiger partial charge >= 0.3 is 0 Å². The molecule has 6 heteroatoms. The van der Waals surface area contributed by atoms with E-state index in [0.29, 0.717) is 17.2 Å². The highest BCUT2D eigenvalue weighted by Crippen LogP contribution is 2.22. The number of benzene rings is 1.